The highest BCUT2D eigenvalue weighted by Crippen LogP contribution is 2.35. The smallest absolute Gasteiger partial charge is 0.157 e. The van der Waals surface area contributed by atoms with Gasteiger partial charge in [-0.15, -0.1) is 11.3 Å². The second-order valence-electron chi connectivity index (χ2n) is 7.21. The van der Waals surface area contributed by atoms with E-state index >= 15 is 0 Å². The molecule has 0 spiro atoms. The Morgan fingerprint density at radius 1 is 1.30 bits per heavy atom. The van der Waals surface area contributed by atoms with E-state index in [4.69, 9.17) is 0 Å². The summed E-state index contributed by atoms with van der Waals surface area (Å²) in [5.41, 5.74) is 4.20. The number of hydrogen-bond acceptors (Lipinski definition) is 8. The largest absolute Gasteiger partial charge is 0.354 e. The number of rotatable bonds is 5. The molecule has 5 rings (SSSR count). The van der Waals surface area contributed by atoms with Crippen LogP contribution in [0, 0.1) is 28.6 Å². The van der Waals surface area contributed by atoms with Crippen molar-refractivity contribution in [2.45, 2.75) is 18.9 Å². The summed E-state index contributed by atoms with van der Waals surface area (Å²) in [6, 6.07) is 6.43. The fourth-order valence-electron chi connectivity index (χ4n) is 4.15. The van der Waals surface area contributed by atoms with Gasteiger partial charge in [-0.05, 0) is 12.5 Å². The highest BCUT2D eigenvalue weighted by Gasteiger charge is 2.33. The van der Waals surface area contributed by atoms with Crippen LogP contribution < -0.4 is 4.90 Å². The van der Waals surface area contributed by atoms with E-state index in [-0.39, 0.29) is 12.0 Å². The lowest BCUT2D eigenvalue weighted by Gasteiger charge is -2.22. The molecule has 2 atom stereocenters. The van der Waals surface area contributed by atoms with Crippen LogP contribution in [0.2, 0.25) is 0 Å². The maximum atomic E-state index is 9.44. The number of fused-ring (bicyclic) bond motifs is 1. The number of H-pyrrole nitrogens is 1. The normalized spacial score (nSPS) is 17.1. The third kappa shape index (κ3) is 3.08. The van der Waals surface area contributed by atoms with E-state index in [0.29, 0.717) is 11.3 Å². The van der Waals surface area contributed by atoms with Gasteiger partial charge in [-0.25, -0.2) is 15.0 Å². The molecule has 2 unspecified atom stereocenters. The van der Waals surface area contributed by atoms with E-state index in [2.05, 4.69) is 42.1 Å². The molecule has 0 amide bonds. The van der Waals surface area contributed by atoms with Crippen molar-refractivity contribution >= 4 is 28.2 Å². The molecule has 1 N–H and O–H groups in total. The number of nitrogens with one attached hydrogen (secondary N) is 1. The molecule has 1 fully saturated rings. The van der Waals surface area contributed by atoms with Crippen molar-refractivity contribution in [2.24, 2.45) is 5.92 Å². The van der Waals surface area contributed by atoms with E-state index in [1.807, 2.05) is 23.1 Å². The Balaban J connectivity index is 1.42. The number of nitrogens with zero attached hydrogens (tertiary/aromatic N) is 8. The molecule has 4 aromatic heterocycles. The summed E-state index contributed by atoms with van der Waals surface area (Å²) < 4.78 is 1.89. The van der Waals surface area contributed by atoms with Crippen molar-refractivity contribution in [3.63, 3.8) is 0 Å². The summed E-state index contributed by atoms with van der Waals surface area (Å²) in [4.78, 5) is 18.9. The van der Waals surface area contributed by atoms with Gasteiger partial charge in [0.1, 0.15) is 22.9 Å². The summed E-state index contributed by atoms with van der Waals surface area (Å²) in [6.45, 7) is 1.56. The average Bonchev–Trinajstić information content (AvgIpc) is 3.56. The van der Waals surface area contributed by atoms with Gasteiger partial charge in [0.25, 0.3) is 0 Å². The summed E-state index contributed by atoms with van der Waals surface area (Å²) >= 11 is 1.36. The Morgan fingerprint density at radius 3 is 3.10 bits per heavy atom. The van der Waals surface area contributed by atoms with Gasteiger partial charge >= 0.3 is 0 Å². The highest BCUT2D eigenvalue weighted by molar-refractivity contribution is 7.10. The van der Waals surface area contributed by atoms with Crippen LogP contribution in [-0.4, -0.2) is 42.8 Å². The zero-order valence-corrected chi connectivity index (χ0v) is 16.7. The van der Waals surface area contributed by atoms with Gasteiger partial charge < -0.3 is 9.88 Å². The van der Waals surface area contributed by atoms with Gasteiger partial charge in [0.05, 0.1) is 35.9 Å². The van der Waals surface area contributed by atoms with Crippen molar-refractivity contribution < 1.29 is 0 Å². The minimum atomic E-state index is -0.0542. The van der Waals surface area contributed by atoms with Gasteiger partial charge in [0.15, 0.2) is 5.82 Å². The van der Waals surface area contributed by atoms with Gasteiger partial charge in [0, 0.05) is 42.4 Å². The van der Waals surface area contributed by atoms with Crippen LogP contribution in [0.1, 0.15) is 23.8 Å². The summed E-state index contributed by atoms with van der Waals surface area (Å²) in [5.74, 6) is 0.987. The van der Waals surface area contributed by atoms with Crippen LogP contribution in [0.25, 0.3) is 22.3 Å². The van der Waals surface area contributed by atoms with Crippen molar-refractivity contribution in [3.8, 4) is 23.4 Å². The summed E-state index contributed by atoms with van der Waals surface area (Å²) in [7, 11) is 0. The lowest BCUT2D eigenvalue weighted by atomic mass is 9.96. The molecular weight excluding hydrogens is 398 g/mol. The Morgan fingerprint density at radius 2 is 2.23 bits per heavy atom. The maximum Gasteiger partial charge on any atom is 0.157 e. The second kappa shape index (κ2) is 7.58. The molecule has 5 heterocycles. The van der Waals surface area contributed by atoms with E-state index in [0.717, 1.165) is 47.6 Å². The Kier molecular flexibility index (Phi) is 4.62. The standard InChI is InChI=1S/C20H17N9S/c21-4-1-16(13-3-6-28(9-13)20-17(7-22)30-12-26-20)29-10-14(8-27-29)18-15-2-5-23-19(15)25-11-24-18/h2,5,8,10-13,16H,1,3,6,9H2,(H,23,24,25). The quantitative estimate of drug-likeness (QED) is 0.531. The van der Waals surface area contributed by atoms with E-state index in [9.17, 15) is 10.5 Å². The molecule has 0 saturated carbocycles. The van der Waals surface area contributed by atoms with Crippen LogP contribution in [0.4, 0.5) is 5.82 Å². The molecule has 1 saturated heterocycles. The molecule has 0 aliphatic carbocycles. The number of thiazole rings is 1. The molecule has 0 radical (unpaired) electrons. The molecule has 1 aliphatic heterocycles. The minimum absolute atomic E-state index is 0.0542. The number of anilines is 1. The van der Waals surface area contributed by atoms with E-state index in [1.54, 1.807) is 11.7 Å². The van der Waals surface area contributed by atoms with Crippen LogP contribution in [-0.2, 0) is 0 Å². The Labute approximate surface area is 176 Å². The molecule has 9 nitrogen and oxygen atoms in total. The number of aromatic nitrogens is 6. The number of hydrogen-bond donors (Lipinski definition) is 1. The SMILES string of the molecule is N#CCC(C1CCN(c2ncsc2C#N)C1)n1cc(-c2ncnc3[nH]ccc23)cn1. The monoisotopic (exact) mass is 415 g/mol. The third-order valence-corrected chi connectivity index (χ3v) is 6.31. The Hall–Kier alpha value is -3.76. The molecule has 0 bridgehead atoms. The molecule has 0 aromatic carbocycles. The molecule has 148 valence electrons. The average molecular weight is 415 g/mol. The van der Waals surface area contributed by atoms with Gasteiger partial charge in [-0.2, -0.15) is 15.6 Å². The van der Waals surface area contributed by atoms with Crippen molar-refractivity contribution in [1.29, 1.82) is 10.5 Å². The maximum absolute atomic E-state index is 9.44. The predicted octanol–water partition coefficient (Wildman–Crippen LogP) is 3.13. The molecular formula is C20H17N9S. The zero-order valence-electron chi connectivity index (χ0n) is 15.9. The minimum Gasteiger partial charge on any atom is -0.354 e. The third-order valence-electron chi connectivity index (χ3n) is 5.59. The molecule has 30 heavy (non-hydrogen) atoms. The lowest BCUT2D eigenvalue weighted by molar-refractivity contribution is 0.332. The highest BCUT2D eigenvalue weighted by atomic mass is 32.1. The zero-order chi connectivity index (χ0) is 20.5. The summed E-state index contributed by atoms with van der Waals surface area (Å²) in [5, 5.41) is 24.3. The molecule has 4 aromatic rings. The Bertz CT molecular complexity index is 1270. The second-order valence-corrected chi connectivity index (χ2v) is 8.07. The first kappa shape index (κ1) is 18.3. The van der Waals surface area contributed by atoms with E-state index < -0.39 is 0 Å². The first-order valence-corrected chi connectivity index (χ1v) is 10.4. The van der Waals surface area contributed by atoms with Crippen molar-refractivity contribution in [1.82, 2.24) is 29.7 Å². The van der Waals surface area contributed by atoms with Gasteiger partial charge in [-0.1, -0.05) is 0 Å². The lowest BCUT2D eigenvalue weighted by Crippen LogP contribution is -2.25. The fourth-order valence-corrected chi connectivity index (χ4v) is 4.75. The van der Waals surface area contributed by atoms with Crippen molar-refractivity contribution in [3.05, 3.63) is 41.4 Å². The molecule has 1 aliphatic rings. The molecule has 10 heteroatoms. The van der Waals surface area contributed by atoms with Crippen LogP contribution in [0.5, 0.6) is 0 Å². The number of nitriles is 2. The van der Waals surface area contributed by atoms with Gasteiger partial charge in [-0.3, -0.25) is 4.68 Å². The summed E-state index contributed by atoms with van der Waals surface area (Å²) in [6.07, 6.45) is 8.41. The van der Waals surface area contributed by atoms with Crippen LogP contribution in [0.3, 0.4) is 0 Å². The van der Waals surface area contributed by atoms with Crippen molar-refractivity contribution in [2.75, 3.05) is 18.0 Å². The van der Waals surface area contributed by atoms with E-state index in [1.165, 1.54) is 17.7 Å². The number of aromatic amines is 1. The van der Waals surface area contributed by atoms with Crippen LogP contribution in [0.15, 0.2) is 36.5 Å². The van der Waals surface area contributed by atoms with Gasteiger partial charge in [0.2, 0.25) is 0 Å². The topological polar surface area (TPSA) is 123 Å². The fraction of sp³-hybridized carbons (Fsp3) is 0.300. The first-order chi connectivity index (χ1) is 14.8. The predicted molar refractivity (Wildman–Crippen MR) is 112 cm³/mol. The first-order valence-electron chi connectivity index (χ1n) is 9.56. The van der Waals surface area contributed by atoms with Crippen LogP contribution >= 0.6 is 11.3 Å².